The van der Waals surface area contributed by atoms with Crippen molar-refractivity contribution in [1.82, 2.24) is 20.4 Å². The summed E-state index contributed by atoms with van der Waals surface area (Å²) >= 11 is 0. The van der Waals surface area contributed by atoms with Gasteiger partial charge in [-0.05, 0) is 19.3 Å². The van der Waals surface area contributed by atoms with E-state index in [0.29, 0.717) is 38.0 Å². The first-order valence-corrected chi connectivity index (χ1v) is 7.88. The predicted octanol–water partition coefficient (Wildman–Crippen LogP) is 1.65. The Balaban J connectivity index is 1.32. The molecule has 1 N–H and O–H groups in total. The second-order valence-corrected chi connectivity index (χ2v) is 5.71. The maximum Gasteiger partial charge on any atom is 0.317 e. The molecule has 0 unspecified atom stereocenters. The van der Waals surface area contributed by atoms with Crippen molar-refractivity contribution < 1.29 is 14.1 Å². The van der Waals surface area contributed by atoms with Gasteiger partial charge in [-0.25, -0.2) is 4.79 Å². The number of allylic oxidation sites excluding steroid dienone is 1. The van der Waals surface area contributed by atoms with Crippen LogP contribution < -0.4 is 5.32 Å². The number of rotatable bonds is 6. The van der Waals surface area contributed by atoms with E-state index >= 15 is 0 Å². The van der Waals surface area contributed by atoms with Crippen LogP contribution in [0.3, 0.4) is 0 Å². The number of nitrogens with zero attached hydrogens (tertiary/aromatic N) is 3. The quantitative estimate of drug-likeness (QED) is 0.808. The molecule has 2 heterocycles. The van der Waals surface area contributed by atoms with E-state index in [1.807, 2.05) is 6.92 Å². The standard InChI is InChI=1S/C15H22N4O3/c1-2-13-17-14(22-18-13)10-21-12-8-19(9-12)15(20)16-7-11-5-3-4-6-11/h5,12H,2-4,6-10H2,1H3,(H,16,20). The van der Waals surface area contributed by atoms with Crippen LogP contribution in [0.1, 0.15) is 37.9 Å². The molecule has 1 aromatic heterocycles. The summed E-state index contributed by atoms with van der Waals surface area (Å²) in [5.41, 5.74) is 1.34. The van der Waals surface area contributed by atoms with Crippen LogP contribution in [-0.2, 0) is 17.8 Å². The van der Waals surface area contributed by atoms with Crippen LogP contribution >= 0.6 is 0 Å². The summed E-state index contributed by atoms with van der Waals surface area (Å²) in [4.78, 5) is 17.9. The van der Waals surface area contributed by atoms with Crippen molar-refractivity contribution >= 4 is 6.03 Å². The highest BCUT2D eigenvalue weighted by molar-refractivity contribution is 5.75. The van der Waals surface area contributed by atoms with E-state index < -0.39 is 0 Å². The molecule has 1 aliphatic heterocycles. The molecule has 1 aromatic rings. The molecule has 22 heavy (non-hydrogen) atoms. The molecule has 0 atom stereocenters. The second kappa shape index (κ2) is 6.91. The fourth-order valence-electron chi connectivity index (χ4n) is 2.59. The fraction of sp³-hybridized carbons (Fsp3) is 0.667. The molecular formula is C15H22N4O3. The van der Waals surface area contributed by atoms with Gasteiger partial charge in [-0.15, -0.1) is 0 Å². The van der Waals surface area contributed by atoms with Gasteiger partial charge in [-0.1, -0.05) is 23.7 Å². The van der Waals surface area contributed by atoms with E-state index in [2.05, 4.69) is 21.5 Å². The maximum absolute atomic E-state index is 11.9. The SMILES string of the molecule is CCc1noc(COC2CN(C(=O)NCC3=CCCC3)C2)n1. The molecule has 0 saturated carbocycles. The summed E-state index contributed by atoms with van der Waals surface area (Å²) in [5, 5.41) is 6.77. The third-order valence-corrected chi connectivity index (χ3v) is 4.01. The minimum Gasteiger partial charge on any atom is -0.365 e. The molecule has 120 valence electrons. The predicted molar refractivity (Wildman–Crippen MR) is 79.2 cm³/mol. The van der Waals surface area contributed by atoms with Crippen LogP contribution in [0.4, 0.5) is 4.79 Å². The smallest absolute Gasteiger partial charge is 0.317 e. The zero-order valence-electron chi connectivity index (χ0n) is 12.9. The van der Waals surface area contributed by atoms with Crippen LogP contribution in [0, 0.1) is 0 Å². The lowest BCUT2D eigenvalue weighted by atomic mass is 10.2. The minimum atomic E-state index is -0.0151. The van der Waals surface area contributed by atoms with Crippen LogP contribution in [0.5, 0.6) is 0 Å². The molecule has 7 nitrogen and oxygen atoms in total. The zero-order valence-corrected chi connectivity index (χ0v) is 12.9. The van der Waals surface area contributed by atoms with Gasteiger partial charge in [0.2, 0.25) is 0 Å². The Morgan fingerprint density at radius 3 is 3.09 bits per heavy atom. The van der Waals surface area contributed by atoms with Gasteiger partial charge in [-0.3, -0.25) is 0 Å². The van der Waals surface area contributed by atoms with Crippen molar-refractivity contribution in [3.63, 3.8) is 0 Å². The molecule has 2 amide bonds. The van der Waals surface area contributed by atoms with Crippen molar-refractivity contribution in [2.75, 3.05) is 19.6 Å². The molecule has 3 rings (SSSR count). The highest BCUT2D eigenvalue weighted by Crippen LogP contribution is 2.17. The highest BCUT2D eigenvalue weighted by Gasteiger charge is 2.31. The Labute approximate surface area is 129 Å². The van der Waals surface area contributed by atoms with Gasteiger partial charge in [0, 0.05) is 13.0 Å². The van der Waals surface area contributed by atoms with E-state index in [-0.39, 0.29) is 12.1 Å². The van der Waals surface area contributed by atoms with Crippen molar-refractivity contribution in [1.29, 1.82) is 0 Å². The Morgan fingerprint density at radius 1 is 1.55 bits per heavy atom. The van der Waals surface area contributed by atoms with Gasteiger partial charge >= 0.3 is 6.03 Å². The normalized spacial score (nSPS) is 18.2. The number of likely N-dealkylation sites (tertiary alicyclic amines) is 1. The molecule has 1 aliphatic carbocycles. The first-order valence-electron chi connectivity index (χ1n) is 7.88. The summed E-state index contributed by atoms with van der Waals surface area (Å²) in [6.45, 7) is 4.17. The van der Waals surface area contributed by atoms with Crippen LogP contribution in [-0.4, -0.2) is 46.8 Å². The summed E-state index contributed by atoms with van der Waals surface area (Å²) in [7, 11) is 0. The number of aromatic nitrogens is 2. The van der Waals surface area contributed by atoms with E-state index in [0.717, 1.165) is 19.3 Å². The number of aryl methyl sites for hydroxylation is 1. The molecule has 2 aliphatic rings. The van der Waals surface area contributed by atoms with Gasteiger partial charge in [0.15, 0.2) is 5.82 Å². The molecule has 0 aromatic carbocycles. The number of nitrogens with one attached hydrogen (secondary N) is 1. The average Bonchev–Trinajstić information content (AvgIpc) is 3.14. The van der Waals surface area contributed by atoms with Gasteiger partial charge in [-0.2, -0.15) is 4.98 Å². The zero-order chi connectivity index (χ0) is 15.4. The van der Waals surface area contributed by atoms with Crippen molar-refractivity contribution in [3.05, 3.63) is 23.4 Å². The van der Waals surface area contributed by atoms with E-state index in [4.69, 9.17) is 9.26 Å². The number of ether oxygens (including phenoxy) is 1. The topological polar surface area (TPSA) is 80.5 Å². The third-order valence-electron chi connectivity index (χ3n) is 4.01. The molecule has 0 bridgehead atoms. The lowest BCUT2D eigenvalue weighted by Gasteiger charge is -2.38. The Kier molecular flexibility index (Phi) is 4.72. The first-order chi connectivity index (χ1) is 10.7. The van der Waals surface area contributed by atoms with E-state index in [1.54, 1.807) is 4.90 Å². The number of urea groups is 1. The average molecular weight is 306 g/mol. The number of carbonyl (C=O) groups excluding carboxylic acids is 1. The Hall–Kier alpha value is -1.89. The molecule has 1 fully saturated rings. The lowest BCUT2D eigenvalue weighted by molar-refractivity contribution is -0.0514. The van der Waals surface area contributed by atoms with Crippen molar-refractivity contribution in [2.24, 2.45) is 0 Å². The maximum atomic E-state index is 11.9. The molecule has 0 spiro atoms. The van der Waals surface area contributed by atoms with E-state index in [1.165, 1.54) is 12.0 Å². The monoisotopic (exact) mass is 306 g/mol. The van der Waals surface area contributed by atoms with Gasteiger partial charge < -0.3 is 19.5 Å². The van der Waals surface area contributed by atoms with Gasteiger partial charge in [0.1, 0.15) is 6.61 Å². The fourth-order valence-corrected chi connectivity index (χ4v) is 2.59. The summed E-state index contributed by atoms with van der Waals surface area (Å²) in [6.07, 6.45) is 6.47. The van der Waals surface area contributed by atoms with Crippen molar-refractivity contribution in [2.45, 2.75) is 45.3 Å². The molecule has 0 radical (unpaired) electrons. The van der Waals surface area contributed by atoms with E-state index in [9.17, 15) is 4.79 Å². The number of amides is 2. The third kappa shape index (κ3) is 3.65. The molecule has 7 heteroatoms. The number of hydrogen-bond donors (Lipinski definition) is 1. The Morgan fingerprint density at radius 2 is 2.41 bits per heavy atom. The molecular weight excluding hydrogens is 284 g/mol. The summed E-state index contributed by atoms with van der Waals surface area (Å²) in [6, 6.07) is -0.0151. The van der Waals surface area contributed by atoms with Crippen LogP contribution in [0.15, 0.2) is 16.2 Å². The van der Waals surface area contributed by atoms with Gasteiger partial charge in [0.05, 0.1) is 19.2 Å². The number of carbonyl (C=O) groups is 1. The minimum absolute atomic E-state index is 0.0151. The Bertz CT molecular complexity index is 549. The number of hydrogen-bond acceptors (Lipinski definition) is 5. The first kappa shape index (κ1) is 15.0. The largest absolute Gasteiger partial charge is 0.365 e. The lowest BCUT2D eigenvalue weighted by Crippen LogP contribution is -2.57. The van der Waals surface area contributed by atoms with Crippen LogP contribution in [0.25, 0.3) is 0 Å². The summed E-state index contributed by atoms with van der Waals surface area (Å²) < 4.78 is 10.7. The highest BCUT2D eigenvalue weighted by atomic mass is 16.5. The van der Waals surface area contributed by atoms with Gasteiger partial charge in [0.25, 0.3) is 5.89 Å². The second-order valence-electron chi connectivity index (χ2n) is 5.71. The molecule has 1 saturated heterocycles. The van der Waals surface area contributed by atoms with Crippen molar-refractivity contribution in [3.8, 4) is 0 Å². The summed E-state index contributed by atoms with van der Waals surface area (Å²) in [5.74, 6) is 1.18. The van der Waals surface area contributed by atoms with Crippen LogP contribution in [0.2, 0.25) is 0 Å².